The summed E-state index contributed by atoms with van der Waals surface area (Å²) in [7, 11) is 0. The summed E-state index contributed by atoms with van der Waals surface area (Å²) in [6.45, 7) is 71.1. The highest BCUT2D eigenvalue weighted by atomic mass is 14.9. The Labute approximate surface area is 623 Å². The van der Waals surface area contributed by atoms with Gasteiger partial charge in [-0.1, -0.05) is 338 Å². The Hall–Kier alpha value is -8.22. The van der Waals surface area contributed by atoms with Crippen LogP contribution in [0, 0.1) is 40.5 Å². The lowest BCUT2D eigenvalue weighted by atomic mass is 9.84. The Balaban J connectivity index is 0.000000388. The second kappa shape index (κ2) is 41.2. The number of aromatic nitrogens is 5. The molecule has 0 saturated heterocycles. The van der Waals surface area contributed by atoms with Gasteiger partial charge in [-0.15, -0.1) is 0 Å². The minimum absolute atomic E-state index is 0.0707. The Bertz CT molecular complexity index is 3760. The van der Waals surface area contributed by atoms with E-state index in [4.69, 9.17) is 0 Å². The van der Waals surface area contributed by atoms with Crippen LogP contribution < -0.4 is 0 Å². The van der Waals surface area contributed by atoms with Crippen LogP contribution in [-0.4, -0.2) is 31.1 Å². The van der Waals surface area contributed by atoms with Crippen molar-refractivity contribution in [2.75, 3.05) is 0 Å². The molecule has 102 heavy (non-hydrogen) atoms. The molecule has 0 aliphatic carbocycles. The lowest BCUT2D eigenvalue weighted by Gasteiger charge is -2.21. The fraction of sp³-hybridized carbons (Fsp3) is 0.438. The summed E-state index contributed by atoms with van der Waals surface area (Å²) >= 11 is 0. The molecule has 6 nitrogen and oxygen atoms in total. The lowest BCUT2D eigenvalue weighted by molar-refractivity contribution is 0.545. The zero-order valence-electron chi connectivity index (χ0n) is 69.8. The van der Waals surface area contributed by atoms with Crippen molar-refractivity contribution < 1.29 is 0 Å². The minimum Gasteiger partial charge on any atom is -0.288 e. The summed E-state index contributed by atoms with van der Waals surface area (Å²) < 4.78 is 0. The molecule has 0 spiro atoms. The Morgan fingerprint density at radius 3 is 1.19 bits per heavy atom. The highest BCUT2D eigenvalue weighted by Gasteiger charge is 2.19. The maximum absolute atomic E-state index is 4.25. The van der Waals surface area contributed by atoms with Gasteiger partial charge in [0.25, 0.3) is 0 Å². The second-order valence-electron chi connectivity index (χ2n) is 35.7. The van der Waals surface area contributed by atoms with Gasteiger partial charge >= 0.3 is 0 Å². The van der Waals surface area contributed by atoms with Crippen LogP contribution in [-0.2, 0) is 49.9 Å². The molecule has 0 fully saturated rings. The van der Waals surface area contributed by atoms with Crippen LogP contribution >= 0.6 is 0 Å². The van der Waals surface area contributed by atoms with Gasteiger partial charge in [-0.3, -0.25) is 19.9 Å². The van der Waals surface area contributed by atoms with E-state index in [0.717, 1.165) is 24.0 Å². The van der Waals surface area contributed by atoms with Gasteiger partial charge in [0.05, 0.1) is 6.54 Å². The molecule has 11 rings (SSSR count). The van der Waals surface area contributed by atoms with Crippen molar-refractivity contribution in [1.29, 1.82) is 0 Å². The molecule has 1 aliphatic rings. The van der Waals surface area contributed by atoms with Crippen molar-refractivity contribution in [3.05, 3.63) is 303 Å². The first-order valence-corrected chi connectivity index (χ1v) is 36.8. The maximum Gasteiger partial charge on any atom is 0.133 e. The number of aryl methyl sites for hydroxylation is 5. The molecule has 0 amide bonds. The number of benzene rings is 6. The first-order chi connectivity index (χ1) is 47.0. The lowest BCUT2D eigenvalue weighted by Crippen LogP contribution is -2.14. The van der Waals surface area contributed by atoms with E-state index >= 15 is 0 Å². The highest BCUT2D eigenvalue weighted by molar-refractivity contribution is 5.84. The predicted octanol–water partition coefficient (Wildman–Crippen LogP) is 26.8. The molecule has 0 N–H and O–H groups in total. The molecule has 6 aromatic carbocycles. The number of pyridine rings is 3. The molecule has 550 valence electrons. The van der Waals surface area contributed by atoms with Crippen LogP contribution in [0.4, 0.5) is 0 Å². The third-order valence-corrected chi connectivity index (χ3v) is 16.4. The Morgan fingerprint density at radius 1 is 0.304 bits per heavy atom. The summed E-state index contributed by atoms with van der Waals surface area (Å²) in [5, 5.41) is 2.48. The van der Waals surface area contributed by atoms with Gasteiger partial charge in [0.1, 0.15) is 5.82 Å². The fourth-order valence-electron chi connectivity index (χ4n) is 9.80. The number of hydrogen-bond donors (Lipinski definition) is 0. The van der Waals surface area contributed by atoms with Crippen molar-refractivity contribution >= 4 is 17.0 Å². The van der Waals surface area contributed by atoms with E-state index in [1.165, 1.54) is 83.1 Å². The van der Waals surface area contributed by atoms with Crippen molar-refractivity contribution in [3.8, 4) is 0 Å². The van der Waals surface area contributed by atoms with Crippen LogP contribution in [0.3, 0.4) is 0 Å². The molecule has 0 saturated carbocycles. The zero-order chi connectivity index (χ0) is 77.5. The number of nitrogens with zero attached hydrogens (tertiary/aromatic N) is 6. The highest BCUT2D eigenvalue weighted by Crippen LogP contribution is 2.29. The normalized spacial score (nSPS) is 11.7. The van der Waals surface area contributed by atoms with Gasteiger partial charge in [-0.2, -0.15) is 0 Å². The van der Waals surface area contributed by atoms with Gasteiger partial charge in [-0.05, 0) is 176 Å². The Kier molecular flexibility index (Phi) is 36.3. The molecule has 0 atom stereocenters. The first-order valence-electron chi connectivity index (χ1n) is 36.8. The van der Waals surface area contributed by atoms with Crippen LogP contribution in [0.2, 0.25) is 0 Å². The monoisotopic (exact) mass is 1370 g/mol. The summed E-state index contributed by atoms with van der Waals surface area (Å²) in [6.07, 6.45) is 14.7. The van der Waals surface area contributed by atoms with Gasteiger partial charge in [0.2, 0.25) is 0 Å². The van der Waals surface area contributed by atoms with Gasteiger partial charge in [-0.25, -0.2) is 9.97 Å². The van der Waals surface area contributed by atoms with E-state index in [1.807, 2.05) is 67.5 Å². The van der Waals surface area contributed by atoms with Crippen LogP contribution in [0.15, 0.2) is 224 Å². The first kappa shape index (κ1) is 89.9. The maximum atomic E-state index is 4.25. The van der Waals surface area contributed by atoms with Crippen molar-refractivity contribution in [1.82, 2.24) is 24.9 Å². The second-order valence-corrected chi connectivity index (χ2v) is 35.7. The largest absolute Gasteiger partial charge is 0.288 e. The van der Waals surface area contributed by atoms with E-state index in [2.05, 4.69) is 397 Å². The average Bonchev–Trinajstić information content (AvgIpc) is 1.04. The third-order valence-electron chi connectivity index (χ3n) is 16.4. The van der Waals surface area contributed by atoms with Crippen molar-refractivity contribution in [3.63, 3.8) is 0 Å². The van der Waals surface area contributed by atoms with Crippen molar-refractivity contribution in [2.45, 2.75) is 271 Å². The van der Waals surface area contributed by atoms with Crippen LogP contribution in [0.5, 0.6) is 0 Å². The van der Waals surface area contributed by atoms with Gasteiger partial charge < -0.3 is 0 Å². The molecule has 6 heteroatoms. The molecule has 0 bridgehead atoms. The van der Waals surface area contributed by atoms with E-state index in [-0.39, 0.29) is 37.9 Å². The number of hydrogen-bond acceptors (Lipinski definition) is 6. The van der Waals surface area contributed by atoms with Gasteiger partial charge in [0.15, 0.2) is 0 Å². The molecular formula is C96H136N6. The van der Waals surface area contributed by atoms with E-state index in [0.29, 0.717) is 5.41 Å². The standard InChI is InChI=1S/C13H15N.2C12H18.C11H16.C10H14.2C9H13N.C8H12N2.C8H7N.C4H10/c1-13(2,3)12-5-4-11-9-14-7-6-10(11)8-12;1-9-6-7-11(8-10(9)2)12(3,4)5;1-9-6-7-11(10(2)8-9)12(3,4)5;1-9-5-7-10(8-6-9)11(2,3)4;1-10(2,3)9-7-5-4-6-8-9;1-9(2,3)8-4-6-10-7-5-8;1-9(2,3)8-6-4-5-7-10-8;1-8(2,3)7-9-5-4-6-10-7;1-2-4-8-6-9-5-7(8)3-1;1-4(2)3/h4-9H,1-3H3;2*6-8H,1-5H3;5-8H,1-4H3;4-8H,1-3H3;2*4-7H,1-3H3;4-6H,1-3H3;1-5H,6H2;4H,1-3H3. The van der Waals surface area contributed by atoms with E-state index in [9.17, 15) is 0 Å². The van der Waals surface area contributed by atoms with Crippen LogP contribution in [0.1, 0.15) is 271 Å². The molecule has 5 heterocycles. The van der Waals surface area contributed by atoms with Crippen molar-refractivity contribution in [2.24, 2.45) is 10.9 Å². The Morgan fingerprint density at radius 2 is 0.755 bits per heavy atom. The molecule has 1 aliphatic heterocycles. The molecular weight excluding hydrogens is 1240 g/mol. The third kappa shape index (κ3) is 36.1. The topological polar surface area (TPSA) is 76.8 Å². The summed E-state index contributed by atoms with van der Waals surface area (Å²) in [4.78, 5) is 24.7. The predicted molar refractivity (Wildman–Crippen MR) is 450 cm³/mol. The summed E-state index contributed by atoms with van der Waals surface area (Å²) in [5.41, 5.74) is 20.9. The number of rotatable bonds is 0. The molecule has 0 unspecified atom stereocenters. The summed E-state index contributed by atoms with van der Waals surface area (Å²) in [6, 6.07) is 61.6. The number of aliphatic imine (C=N–C) groups is 1. The smallest absolute Gasteiger partial charge is 0.133 e. The SMILES string of the molecule is C1=NCc2ccccc21.CC(C)(C)c1ccc2cnccc2c1.CC(C)(C)c1ccccc1.CC(C)(C)c1ccccn1.CC(C)(C)c1ccncc1.CC(C)(C)c1ncccn1.CC(C)C.Cc1ccc(C(C)(C)C)c(C)c1.Cc1ccc(C(C)(C)C)cc1.Cc1ccc(C(C)(C)C)cc1C. The average molecular weight is 1370 g/mol. The number of fused-ring (bicyclic) bond motifs is 2. The van der Waals surface area contributed by atoms with E-state index in [1.54, 1.807) is 12.4 Å². The van der Waals surface area contributed by atoms with E-state index < -0.39 is 0 Å². The zero-order valence-corrected chi connectivity index (χ0v) is 69.8. The summed E-state index contributed by atoms with van der Waals surface area (Å²) in [5.74, 6) is 1.73. The van der Waals surface area contributed by atoms with Crippen LogP contribution in [0.25, 0.3) is 10.8 Å². The minimum atomic E-state index is 0.0707. The molecule has 0 radical (unpaired) electrons. The molecule has 10 aromatic rings. The quantitative estimate of drug-likeness (QED) is 0.151. The van der Waals surface area contributed by atoms with Gasteiger partial charge in [0, 0.05) is 71.5 Å². The molecule has 4 aromatic heterocycles. The fourth-order valence-corrected chi connectivity index (χ4v) is 9.80.